The average Bonchev–Trinajstić information content (AvgIpc) is 3.11. The van der Waals surface area contributed by atoms with Crippen molar-refractivity contribution in [2.24, 2.45) is 0 Å². The molecule has 0 spiro atoms. The van der Waals surface area contributed by atoms with Crippen molar-refractivity contribution in [3.8, 4) is 0 Å². The fourth-order valence-electron chi connectivity index (χ4n) is 3.21. The molecule has 2 atom stereocenters. The predicted octanol–water partition coefficient (Wildman–Crippen LogP) is 2.88. The zero-order valence-electron chi connectivity index (χ0n) is 11.5. The van der Waals surface area contributed by atoms with Crippen LogP contribution < -0.4 is 5.32 Å². The van der Waals surface area contributed by atoms with Gasteiger partial charge in [0.25, 0.3) is 0 Å². The summed E-state index contributed by atoms with van der Waals surface area (Å²) in [5, 5.41) is 3.81. The van der Waals surface area contributed by atoms with E-state index in [1.54, 1.807) is 0 Å². The van der Waals surface area contributed by atoms with Crippen LogP contribution in [-0.2, 0) is 0 Å². The highest BCUT2D eigenvalue weighted by Gasteiger charge is 2.34. The third-order valence-corrected chi connectivity index (χ3v) is 4.42. The molecule has 1 N–H and O–H groups in total. The molecule has 1 saturated carbocycles. The predicted molar refractivity (Wildman–Crippen MR) is 75.7 cm³/mol. The number of hydrogen-bond acceptors (Lipinski definition) is 2. The maximum absolute atomic E-state index is 3.81. The van der Waals surface area contributed by atoms with E-state index < -0.39 is 0 Å². The first-order valence-electron chi connectivity index (χ1n) is 7.29. The van der Waals surface area contributed by atoms with Crippen LogP contribution in [0, 0.1) is 6.92 Å². The summed E-state index contributed by atoms with van der Waals surface area (Å²) in [6, 6.07) is 10.8. The number of rotatable bonds is 4. The second-order valence-corrected chi connectivity index (χ2v) is 5.96. The topological polar surface area (TPSA) is 15.3 Å². The van der Waals surface area contributed by atoms with E-state index in [0.717, 1.165) is 6.04 Å². The van der Waals surface area contributed by atoms with Crippen LogP contribution in [-0.4, -0.2) is 30.1 Å². The molecular formula is C16H24N2. The number of nitrogens with zero attached hydrogens (tertiary/aromatic N) is 1. The van der Waals surface area contributed by atoms with Gasteiger partial charge in [0.05, 0.1) is 0 Å². The highest BCUT2D eigenvalue weighted by molar-refractivity contribution is 5.28. The summed E-state index contributed by atoms with van der Waals surface area (Å²) < 4.78 is 0. The van der Waals surface area contributed by atoms with Crippen molar-refractivity contribution in [1.29, 1.82) is 0 Å². The lowest BCUT2D eigenvalue weighted by atomic mass is 10.0. The van der Waals surface area contributed by atoms with Crippen molar-refractivity contribution < 1.29 is 0 Å². The maximum atomic E-state index is 3.81. The standard InChI is InChI=1S/C16H24N2/c1-12-5-3-4-6-16(12)13(2)17-14-9-10-18(11-14)15-7-8-15/h3-6,13-15,17H,7-11H2,1-2H3/t13-,14?/m0/s1. The van der Waals surface area contributed by atoms with Crippen LogP contribution in [0.4, 0.5) is 0 Å². The minimum absolute atomic E-state index is 0.468. The van der Waals surface area contributed by atoms with Crippen molar-refractivity contribution in [1.82, 2.24) is 10.2 Å². The zero-order chi connectivity index (χ0) is 12.5. The van der Waals surface area contributed by atoms with E-state index in [1.165, 1.54) is 43.5 Å². The Balaban J connectivity index is 1.58. The highest BCUT2D eigenvalue weighted by atomic mass is 15.2. The van der Waals surface area contributed by atoms with Crippen LogP contribution in [0.5, 0.6) is 0 Å². The summed E-state index contributed by atoms with van der Waals surface area (Å²) in [7, 11) is 0. The van der Waals surface area contributed by atoms with Crippen molar-refractivity contribution in [2.45, 2.75) is 51.2 Å². The van der Waals surface area contributed by atoms with Crippen molar-refractivity contribution in [3.63, 3.8) is 0 Å². The Morgan fingerprint density at radius 1 is 1.22 bits per heavy atom. The average molecular weight is 244 g/mol. The fourth-order valence-corrected chi connectivity index (χ4v) is 3.21. The molecule has 0 radical (unpaired) electrons. The van der Waals surface area contributed by atoms with Gasteiger partial charge in [-0.25, -0.2) is 0 Å². The molecule has 1 aromatic rings. The molecule has 1 aliphatic carbocycles. The van der Waals surface area contributed by atoms with E-state index >= 15 is 0 Å². The molecule has 1 heterocycles. The van der Waals surface area contributed by atoms with Crippen molar-refractivity contribution in [2.75, 3.05) is 13.1 Å². The fraction of sp³-hybridized carbons (Fsp3) is 0.625. The van der Waals surface area contributed by atoms with Gasteiger partial charge >= 0.3 is 0 Å². The third kappa shape index (κ3) is 2.60. The van der Waals surface area contributed by atoms with Crippen molar-refractivity contribution in [3.05, 3.63) is 35.4 Å². The first-order valence-corrected chi connectivity index (χ1v) is 7.29. The first kappa shape index (κ1) is 12.2. The summed E-state index contributed by atoms with van der Waals surface area (Å²) in [5.74, 6) is 0. The first-order chi connectivity index (χ1) is 8.74. The van der Waals surface area contributed by atoms with Gasteiger partial charge in [0.2, 0.25) is 0 Å². The Bertz CT molecular complexity index is 411. The number of nitrogens with one attached hydrogen (secondary N) is 1. The van der Waals surface area contributed by atoms with Crippen LogP contribution in [0.15, 0.2) is 24.3 Å². The van der Waals surface area contributed by atoms with E-state index in [2.05, 4.69) is 48.3 Å². The van der Waals surface area contributed by atoms with E-state index in [-0.39, 0.29) is 0 Å². The smallest absolute Gasteiger partial charge is 0.0297 e. The van der Waals surface area contributed by atoms with Crippen LogP contribution in [0.25, 0.3) is 0 Å². The lowest BCUT2D eigenvalue weighted by Gasteiger charge is -2.22. The monoisotopic (exact) mass is 244 g/mol. The molecule has 18 heavy (non-hydrogen) atoms. The minimum atomic E-state index is 0.468. The largest absolute Gasteiger partial charge is 0.306 e. The maximum Gasteiger partial charge on any atom is 0.0297 e. The number of benzene rings is 1. The van der Waals surface area contributed by atoms with Crippen LogP contribution >= 0.6 is 0 Å². The van der Waals surface area contributed by atoms with Gasteiger partial charge in [-0.3, -0.25) is 4.90 Å². The molecule has 2 nitrogen and oxygen atoms in total. The van der Waals surface area contributed by atoms with Gasteiger partial charge in [0.1, 0.15) is 0 Å². The Morgan fingerprint density at radius 2 is 2.00 bits per heavy atom. The molecule has 0 aromatic heterocycles. The second kappa shape index (κ2) is 5.02. The molecule has 0 amide bonds. The lowest BCUT2D eigenvalue weighted by molar-refractivity contribution is 0.313. The summed E-state index contributed by atoms with van der Waals surface area (Å²) in [6.07, 6.45) is 4.17. The van der Waals surface area contributed by atoms with Crippen LogP contribution in [0.1, 0.15) is 43.4 Å². The Morgan fingerprint density at radius 3 is 2.72 bits per heavy atom. The Hall–Kier alpha value is -0.860. The minimum Gasteiger partial charge on any atom is -0.306 e. The van der Waals surface area contributed by atoms with Gasteiger partial charge in [0.15, 0.2) is 0 Å². The summed E-state index contributed by atoms with van der Waals surface area (Å²) in [5.41, 5.74) is 2.84. The van der Waals surface area contributed by atoms with Gasteiger partial charge in [-0.15, -0.1) is 0 Å². The molecular weight excluding hydrogens is 220 g/mol. The van der Waals surface area contributed by atoms with Crippen LogP contribution in [0.2, 0.25) is 0 Å². The molecule has 1 saturated heterocycles. The van der Waals surface area contributed by atoms with Crippen LogP contribution in [0.3, 0.4) is 0 Å². The van der Waals surface area contributed by atoms with Gasteiger partial charge in [-0.1, -0.05) is 24.3 Å². The Labute approximate surface area is 110 Å². The second-order valence-electron chi connectivity index (χ2n) is 5.96. The molecule has 1 aliphatic heterocycles. The summed E-state index contributed by atoms with van der Waals surface area (Å²) in [4.78, 5) is 2.67. The molecule has 2 aliphatic rings. The normalized spacial score (nSPS) is 26.4. The van der Waals surface area contributed by atoms with Crippen molar-refractivity contribution >= 4 is 0 Å². The molecule has 1 aromatic carbocycles. The van der Waals surface area contributed by atoms with E-state index in [0.29, 0.717) is 12.1 Å². The molecule has 2 heteroatoms. The quantitative estimate of drug-likeness (QED) is 0.876. The molecule has 0 bridgehead atoms. The Kier molecular flexibility index (Phi) is 3.40. The van der Waals surface area contributed by atoms with E-state index in [1.807, 2.05) is 0 Å². The summed E-state index contributed by atoms with van der Waals surface area (Å²) >= 11 is 0. The molecule has 2 fully saturated rings. The number of aryl methyl sites for hydroxylation is 1. The van der Waals surface area contributed by atoms with Gasteiger partial charge in [0, 0.05) is 31.2 Å². The molecule has 3 rings (SSSR count). The van der Waals surface area contributed by atoms with E-state index in [9.17, 15) is 0 Å². The molecule has 98 valence electrons. The van der Waals surface area contributed by atoms with Gasteiger partial charge in [-0.05, 0) is 44.2 Å². The van der Waals surface area contributed by atoms with Gasteiger partial charge < -0.3 is 5.32 Å². The molecule has 1 unspecified atom stereocenters. The SMILES string of the molecule is Cc1ccccc1[C@H](C)NC1CCN(C2CC2)C1. The zero-order valence-corrected chi connectivity index (χ0v) is 11.5. The number of likely N-dealkylation sites (tertiary alicyclic amines) is 1. The summed E-state index contributed by atoms with van der Waals surface area (Å²) in [6.45, 7) is 7.05. The lowest BCUT2D eigenvalue weighted by Crippen LogP contribution is -2.35. The van der Waals surface area contributed by atoms with E-state index in [4.69, 9.17) is 0 Å². The third-order valence-electron chi connectivity index (χ3n) is 4.42. The van der Waals surface area contributed by atoms with Gasteiger partial charge in [-0.2, -0.15) is 0 Å². The highest BCUT2D eigenvalue weighted by Crippen LogP contribution is 2.30. The number of hydrogen-bond donors (Lipinski definition) is 1.